The highest BCUT2D eigenvalue weighted by atomic mass is 16.5. The molecule has 1 amide bonds. The van der Waals surface area contributed by atoms with Gasteiger partial charge in [-0.3, -0.25) is 4.79 Å². The van der Waals surface area contributed by atoms with Gasteiger partial charge in [0.15, 0.2) is 0 Å². The highest BCUT2D eigenvalue weighted by Crippen LogP contribution is 2.27. The van der Waals surface area contributed by atoms with E-state index in [1.54, 1.807) is 12.1 Å². The van der Waals surface area contributed by atoms with Gasteiger partial charge in [-0.2, -0.15) is 0 Å². The van der Waals surface area contributed by atoms with E-state index in [2.05, 4.69) is 0 Å². The van der Waals surface area contributed by atoms with Gasteiger partial charge in [0.05, 0.1) is 32.5 Å². The van der Waals surface area contributed by atoms with Crippen molar-refractivity contribution in [2.24, 2.45) is 5.73 Å². The highest BCUT2D eigenvalue weighted by Gasteiger charge is 2.17. The van der Waals surface area contributed by atoms with Gasteiger partial charge in [0.25, 0.3) is 5.91 Å². The fourth-order valence-corrected chi connectivity index (χ4v) is 2.00. The lowest BCUT2D eigenvalue weighted by Crippen LogP contribution is -2.16. The summed E-state index contributed by atoms with van der Waals surface area (Å²) in [5.41, 5.74) is 5.57. The molecule has 7 heteroatoms. The smallest absolute Gasteiger partial charge is 0.343 e. The second-order valence-electron chi connectivity index (χ2n) is 4.72. The van der Waals surface area contributed by atoms with Crippen LogP contribution in [0.3, 0.4) is 0 Å². The van der Waals surface area contributed by atoms with E-state index in [1.807, 2.05) is 0 Å². The van der Waals surface area contributed by atoms with Crippen LogP contribution in [0.15, 0.2) is 36.4 Å². The number of hydrogen-bond acceptors (Lipinski definition) is 6. The van der Waals surface area contributed by atoms with Crippen molar-refractivity contribution in [1.82, 2.24) is 0 Å². The van der Waals surface area contributed by atoms with Crippen LogP contribution in [0.2, 0.25) is 0 Å². The summed E-state index contributed by atoms with van der Waals surface area (Å²) in [6.07, 6.45) is 0. The first kappa shape index (κ1) is 17.1. The van der Waals surface area contributed by atoms with Crippen LogP contribution in [0, 0.1) is 0 Å². The van der Waals surface area contributed by atoms with Crippen molar-refractivity contribution in [1.29, 1.82) is 0 Å². The minimum atomic E-state index is -0.719. The molecule has 126 valence electrons. The van der Waals surface area contributed by atoms with Gasteiger partial charge in [-0.1, -0.05) is 0 Å². The number of esters is 1. The maximum absolute atomic E-state index is 12.4. The molecular weight excluding hydrogens is 314 g/mol. The number of hydrogen-bond donors (Lipinski definition) is 1. The van der Waals surface area contributed by atoms with Crippen molar-refractivity contribution in [3.63, 3.8) is 0 Å². The Balaban J connectivity index is 2.37. The largest absolute Gasteiger partial charge is 0.497 e. The van der Waals surface area contributed by atoms with E-state index in [0.717, 1.165) is 0 Å². The summed E-state index contributed by atoms with van der Waals surface area (Å²) < 4.78 is 20.6. The molecule has 0 saturated heterocycles. The fourth-order valence-electron chi connectivity index (χ4n) is 2.00. The van der Waals surface area contributed by atoms with E-state index in [1.165, 1.54) is 45.6 Å². The minimum absolute atomic E-state index is 0.00800. The van der Waals surface area contributed by atoms with E-state index in [4.69, 9.17) is 24.7 Å². The van der Waals surface area contributed by atoms with Gasteiger partial charge in [-0.15, -0.1) is 0 Å². The average Bonchev–Trinajstić information content (AvgIpc) is 2.60. The van der Waals surface area contributed by atoms with Crippen molar-refractivity contribution >= 4 is 11.9 Å². The first-order chi connectivity index (χ1) is 11.5. The fraction of sp³-hybridized carbons (Fsp3) is 0.176. The number of amides is 1. The molecule has 0 saturated carbocycles. The zero-order valence-electron chi connectivity index (χ0n) is 13.5. The summed E-state index contributed by atoms with van der Waals surface area (Å²) in [6.45, 7) is 0. The van der Waals surface area contributed by atoms with Gasteiger partial charge in [-0.05, 0) is 24.3 Å². The van der Waals surface area contributed by atoms with Crippen LogP contribution in [0.25, 0.3) is 0 Å². The Morgan fingerprint density at radius 3 is 1.92 bits per heavy atom. The number of benzene rings is 2. The van der Waals surface area contributed by atoms with E-state index >= 15 is 0 Å². The Bertz CT molecular complexity index is 749. The summed E-state index contributed by atoms with van der Waals surface area (Å²) in [7, 11) is 4.39. The molecule has 2 rings (SSSR count). The summed E-state index contributed by atoms with van der Waals surface area (Å²) >= 11 is 0. The van der Waals surface area contributed by atoms with Gasteiger partial charge in [-0.25, -0.2) is 4.79 Å². The minimum Gasteiger partial charge on any atom is -0.497 e. The number of carbonyl (C=O) groups excluding carboxylic acids is 2. The first-order valence-electron chi connectivity index (χ1n) is 6.91. The zero-order valence-corrected chi connectivity index (χ0v) is 13.5. The molecule has 2 aromatic carbocycles. The zero-order chi connectivity index (χ0) is 17.7. The summed E-state index contributed by atoms with van der Waals surface area (Å²) in [4.78, 5) is 23.9. The Hall–Kier alpha value is -3.22. The molecule has 24 heavy (non-hydrogen) atoms. The van der Waals surface area contributed by atoms with E-state index in [-0.39, 0.29) is 16.9 Å². The number of carbonyl (C=O) groups is 2. The quantitative estimate of drug-likeness (QED) is 0.642. The monoisotopic (exact) mass is 331 g/mol. The van der Waals surface area contributed by atoms with E-state index in [9.17, 15) is 9.59 Å². The Morgan fingerprint density at radius 2 is 1.42 bits per heavy atom. The number of nitrogens with two attached hydrogens (primary N) is 1. The molecule has 0 aliphatic heterocycles. The molecule has 2 N–H and O–H groups in total. The third-order valence-electron chi connectivity index (χ3n) is 3.24. The lowest BCUT2D eigenvalue weighted by Gasteiger charge is -2.11. The topological polar surface area (TPSA) is 97.1 Å². The molecule has 0 aliphatic carbocycles. The molecule has 0 aliphatic rings. The van der Waals surface area contributed by atoms with Crippen molar-refractivity contribution in [3.05, 3.63) is 47.5 Å². The van der Waals surface area contributed by atoms with Crippen molar-refractivity contribution in [2.75, 3.05) is 21.3 Å². The van der Waals surface area contributed by atoms with E-state index < -0.39 is 11.9 Å². The number of ether oxygens (including phenoxy) is 4. The summed E-state index contributed by atoms with van der Waals surface area (Å²) in [6, 6.07) is 9.00. The maximum Gasteiger partial charge on any atom is 0.343 e. The van der Waals surface area contributed by atoms with Crippen LogP contribution in [-0.4, -0.2) is 33.2 Å². The number of rotatable bonds is 6. The van der Waals surface area contributed by atoms with Gasteiger partial charge in [0.2, 0.25) is 0 Å². The average molecular weight is 331 g/mol. The van der Waals surface area contributed by atoms with Gasteiger partial charge in [0.1, 0.15) is 23.0 Å². The predicted octanol–water partition coefficient (Wildman–Crippen LogP) is 2.03. The highest BCUT2D eigenvalue weighted by molar-refractivity contribution is 5.98. The Kier molecular flexibility index (Phi) is 5.26. The third-order valence-corrected chi connectivity index (χ3v) is 3.24. The second kappa shape index (κ2) is 7.36. The molecule has 0 atom stereocenters. The number of methoxy groups -OCH3 is 3. The van der Waals surface area contributed by atoms with Gasteiger partial charge in [0, 0.05) is 12.1 Å². The molecule has 0 unspecified atom stereocenters. The first-order valence-corrected chi connectivity index (χ1v) is 6.91. The second-order valence-corrected chi connectivity index (χ2v) is 4.72. The predicted molar refractivity (Wildman–Crippen MR) is 86.0 cm³/mol. The third kappa shape index (κ3) is 3.75. The Labute approximate surface area is 138 Å². The van der Waals surface area contributed by atoms with E-state index in [0.29, 0.717) is 17.2 Å². The van der Waals surface area contributed by atoms with Gasteiger partial charge < -0.3 is 24.7 Å². The summed E-state index contributed by atoms with van der Waals surface area (Å²) in [5.74, 6) is -0.115. The molecule has 0 spiro atoms. The SMILES string of the molecule is COc1cc(OC)cc(C(=O)Oc2cc(OC)ccc2C(N)=O)c1. The van der Waals surface area contributed by atoms with Crippen LogP contribution >= 0.6 is 0 Å². The Morgan fingerprint density at radius 1 is 0.833 bits per heavy atom. The lowest BCUT2D eigenvalue weighted by atomic mass is 10.1. The molecule has 0 radical (unpaired) electrons. The van der Waals surface area contributed by atoms with Crippen molar-refractivity contribution in [2.45, 2.75) is 0 Å². The van der Waals surface area contributed by atoms with Crippen LogP contribution in [-0.2, 0) is 0 Å². The van der Waals surface area contributed by atoms with Crippen LogP contribution in [0.1, 0.15) is 20.7 Å². The molecule has 0 heterocycles. The van der Waals surface area contributed by atoms with Crippen molar-refractivity contribution in [3.8, 4) is 23.0 Å². The lowest BCUT2D eigenvalue weighted by molar-refractivity contribution is 0.0731. The molecule has 7 nitrogen and oxygen atoms in total. The maximum atomic E-state index is 12.4. The van der Waals surface area contributed by atoms with Gasteiger partial charge >= 0.3 is 5.97 Å². The standard InChI is InChI=1S/C17H17NO6/c1-21-11-4-5-14(16(18)19)15(9-11)24-17(20)10-6-12(22-2)8-13(7-10)23-3/h4-9H,1-3H3,(H2,18,19). The van der Waals surface area contributed by atoms with Crippen LogP contribution in [0.4, 0.5) is 0 Å². The molecule has 0 fully saturated rings. The molecule has 0 aromatic heterocycles. The normalized spacial score (nSPS) is 9.96. The summed E-state index contributed by atoms with van der Waals surface area (Å²) in [5, 5.41) is 0. The molecule has 0 bridgehead atoms. The number of primary amides is 1. The van der Waals surface area contributed by atoms with Crippen LogP contribution < -0.4 is 24.7 Å². The molecular formula is C17H17NO6. The van der Waals surface area contributed by atoms with Crippen molar-refractivity contribution < 1.29 is 28.5 Å². The van der Waals surface area contributed by atoms with Crippen LogP contribution in [0.5, 0.6) is 23.0 Å². The molecule has 2 aromatic rings.